The van der Waals surface area contributed by atoms with E-state index in [0.29, 0.717) is 19.0 Å². The summed E-state index contributed by atoms with van der Waals surface area (Å²) in [6, 6.07) is 3.80. The van der Waals surface area contributed by atoms with Crippen LogP contribution in [0, 0.1) is 28.9 Å². The fourth-order valence-electron chi connectivity index (χ4n) is 2.61. The minimum absolute atomic E-state index is 0.0205. The van der Waals surface area contributed by atoms with Crippen molar-refractivity contribution >= 4 is 5.69 Å². The minimum atomic E-state index is -0.732. The molecule has 0 atom stereocenters. The second-order valence-corrected chi connectivity index (χ2v) is 5.32. The first kappa shape index (κ1) is 15.7. The van der Waals surface area contributed by atoms with Gasteiger partial charge in [0.25, 0.3) is 0 Å². The average Bonchev–Trinajstić information content (AvgIpc) is 2.48. The summed E-state index contributed by atoms with van der Waals surface area (Å²) < 4.78 is 27.4. The lowest BCUT2D eigenvalue weighted by atomic mass is 9.96. The Morgan fingerprint density at radius 2 is 1.90 bits per heavy atom. The van der Waals surface area contributed by atoms with E-state index in [2.05, 4.69) is 10.2 Å². The van der Waals surface area contributed by atoms with Gasteiger partial charge in [-0.1, -0.05) is 0 Å². The highest BCUT2D eigenvalue weighted by Gasteiger charge is 2.19. The van der Waals surface area contributed by atoms with Gasteiger partial charge in [-0.3, -0.25) is 0 Å². The maximum absolute atomic E-state index is 13.7. The molecular weight excluding hydrogens is 276 g/mol. The summed E-state index contributed by atoms with van der Waals surface area (Å²) in [6.07, 6.45) is 1.87. The lowest BCUT2D eigenvalue weighted by Crippen LogP contribution is -2.37. The topological polar surface area (TPSA) is 59.3 Å². The number of nitrogens with zero attached hydrogens (tertiary/aromatic N) is 2. The highest BCUT2D eigenvalue weighted by Crippen LogP contribution is 2.23. The molecule has 0 amide bonds. The van der Waals surface area contributed by atoms with Crippen LogP contribution in [-0.4, -0.2) is 42.8 Å². The van der Waals surface area contributed by atoms with Gasteiger partial charge in [0.2, 0.25) is 0 Å². The normalized spacial score (nSPS) is 16.7. The fraction of sp³-hybridized carbons (Fsp3) is 0.533. The molecule has 0 unspecified atom stereocenters. The summed E-state index contributed by atoms with van der Waals surface area (Å²) in [5.74, 6) is -1.11. The van der Waals surface area contributed by atoms with Crippen LogP contribution in [0.4, 0.5) is 14.5 Å². The van der Waals surface area contributed by atoms with E-state index in [1.807, 2.05) is 0 Å². The fourth-order valence-corrected chi connectivity index (χ4v) is 2.61. The summed E-state index contributed by atoms with van der Waals surface area (Å²) in [5, 5.41) is 20.4. The number of hydrogen-bond acceptors (Lipinski definition) is 4. The van der Waals surface area contributed by atoms with Gasteiger partial charge in [0.1, 0.15) is 5.69 Å². The number of nitrogens with one attached hydrogen (secondary N) is 1. The molecular formula is C15H19F2N3O. The number of anilines is 1. The van der Waals surface area contributed by atoms with Crippen LogP contribution in [-0.2, 0) is 0 Å². The van der Waals surface area contributed by atoms with Crippen LogP contribution < -0.4 is 5.32 Å². The van der Waals surface area contributed by atoms with E-state index in [1.165, 1.54) is 0 Å². The summed E-state index contributed by atoms with van der Waals surface area (Å²) >= 11 is 0. The number of benzene rings is 1. The first-order valence-corrected chi connectivity index (χ1v) is 7.10. The number of halogens is 2. The Morgan fingerprint density at radius 1 is 1.29 bits per heavy atom. The minimum Gasteiger partial charge on any atom is -0.395 e. The maximum Gasteiger partial charge on any atom is 0.150 e. The monoisotopic (exact) mass is 295 g/mol. The molecule has 2 N–H and O–H groups in total. The van der Waals surface area contributed by atoms with E-state index in [1.54, 1.807) is 6.07 Å². The molecule has 0 aliphatic carbocycles. The summed E-state index contributed by atoms with van der Waals surface area (Å²) in [4.78, 5) is 2.18. The predicted molar refractivity (Wildman–Crippen MR) is 75.8 cm³/mol. The number of aliphatic hydroxyl groups is 1. The van der Waals surface area contributed by atoms with Gasteiger partial charge in [0, 0.05) is 13.1 Å². The van der Waals surface area contributed by atoms with Crippen LogP contribution >= 0.6 is 0 Å². The first-order valence-electron chi connectivity index (χ1n) is 7.10. The van der Waals surface area contributed by atoms with E-state index in [9.17, 15) is 8.78 Å². The molecule has 0 radical (unpaired) electrons. The number of aliphatic hydroxyl groups excluding tert-OH is 1. The quantitative estimate of drug-likeness (QED) is 0.872. The van der Waals surface area contributed by atoms with Crippen LogP contribution in [0.5, 0.6) is 0 Å². The molecule has 0 spiro atoms. The Labute approximate surface area is 123 Å². The number of β-amino-alcohol motifs (C(OH)–C–C–N with tert-alkyl or cyclic N) is 1. The predicted octanol–water partition coefficient (Wildman–Crippen LogP) is 1.95. The molecule has 114 valence electrons. The third-order valence-electron chi connectivity index (χ3n) is 3.86. The van der Waals surface area contributed by atoms with Crippen molar-refractivity contribution in [2.45, 2.75) is 12.8 Å². The zero-order chi connectivity index (χ0) is 15.2. The molecule has 2 rings (SSSR count). The van der Waals surface area contributed by atoms with Crippen molar-refractivity contribution in [2.24, 2.45) is 5.92 Å². The van der Waals surface area contributed by atoms with Crippen LogP contribution in [0.2, 0.25) is 0 Å². The van der Waals surface area contributed by atoms with Crippen molar-refractivity contribution in [3.05, 3.63) is 29.3 Å². The molecule has 1 fully saturated rings. The molecule has 0 aromatic heterocycles. The van der Waals surface area contributed by atoms with Gasteiger partial charge in [-0.15, -0.1) is 0 Å². The van der Waals surface area contributed by atoms with Gasteiger partial charge in [0.15, 0.2) is 11.6 Å². The van der Waals surface area contributed by atoms with Crippen LogP contribution in [0.25, 0.3) is 0 Å². The van der Waals surface area contributed by atoms with E-state index in [0.717, 1.165) is 38.1 Å². The highest BCUT2D eigenvalue weighted by atomic mass is 19.1. The highest BCUT2D eigenvalue weighted by molar-refractivity contribution is 5.50. The van der Waals surface area contributed by atoms with Crippen LogP contribution in [0.15, 0.2) is 12.1 Å². The molecule has 6 heteroatoms. The van der Waals surface area contributed by atoms with Crippen molar-refractivity contribution in [1.29, 1.82) is 5.26 Å². The van der Waals surface area contributed by atoms with Crippen LogP contribution in [0.3, 0.4) is 0 Å². The third kappa shape index (κ3) is 4.13. The molecule has 0 saturated carbocycles. The summed E-state index contributed by atoms with van der Waals surface area (Å²) in [7, 11) is 0. The first-order chi connectivity index (χ1) is 10.1. The van der Waals surface area contributed by atoms with E-state index in [-0.39, 0.29) is 17.9 Å². The summed E-state index contributed by atoms with van der Waals surface area (Å²) in [5.41, 5.74) is -0.181. The Balaban J connectivity index is 1.88. The van der Waals surface area contributed by atoms with Crippen molar-refractivity contribution in [3.63, 3.8) is 0 Å². The van der Waals surface area contributed by atoms with Gasteiger partial charge < -0.3 is 15.3 Å². The number of nitriles is 1. The molecule has 1 heterocycles. The number of likely N-dealkylation sites (tertiary alicyclic amines) is 1. The molecule has 1 aliphatic heterocycles. The standard InChI is InChI=1S/C15H19F2N3O/c16-13-7-12(9-18)8-14(17)15(13)19-10-11-1-3-20(4-2-11)5-6-21/h7-8,11,19,21H,1-6,10H2. The van der Waals surface area contributed by atoms with E-state index < -0.39 is 11.6 Å². The molecule has 21 heavy (non-hydrogen) atoms. The van der Waals surface area contributed by atoms with Gasteiger partial charge in [-0.2, -0.15) is 5.26 Å². The van der Waals surface area contributed by atoms with Crippen molar-refractivity contribution < 1.29 is 13.9 Å². The smallest absolute Gasteiger partial charge is 0.150 e. The number of rotatable bonds is 5. The molecule has 1 aromatic carbocycles. The molecule has 4 nitrogen and oxygen atoms in total. The maximum atomic E-state index is 13.7. The van der Waals surface area contributed by atoms with Crippen LogP contribution in [0.1, 0.15) is 18.4 Å². The van der Waals surface area contributed by atoms with E-state index in [4.69, 9.17) is 10.4 Å². The Morgan fingerprint density at radius 3 is 2.43 bits per heavy atom. The SMILES string of the molecule is N#Cc1cc(F)c(NCC2CCN(CCO)CC2)c(F)c1. The third-order valence-corrected chi connectivity index (χ3v) is 3.86. The lowest BCUT2D eigenvalue weighted by Gasteiger charge is -2.31. The zero-order valence-electron chi connectivity index (χ0n) is 11.8. The number of hydrogen-bond donors (Lipinski definition) is 2. The average molecular weight is 295 g/mol. The van der Waals surface area contributed by atoms with Gasteiger partial charge >= 0.3 is 0 Å². The van der Waals surface area contributed by atoms with Gasteiger partial charge in [0.05, 0.1) is 18.2 Å². The molecule has 1 aromatic rings. The number of piperidine rings is 1. The van der Waals surface area contributed by atoms with Crippen molar-refractivity contribution in [3.8, 4) is 6.07 Å². The largest absolute Gasteiger partial charge is 0.395 e. The Hall–Kier alpha value is -1.71. The zero-order valence-corrected chi connectivity index (χ0v) is 11.8. The van der Waals surface area contributed by atoms with E-state index >= 15 is 0 Å². The van der Waals surface area contributed by atoms with Gasteiger partial charge in [-0.05, 0) is 44.0 Å². The second-order valence-electron chi connectivity index (χ2n) is 5.32. The molecule has 0 bridgehead atoms. The molecule has 1 aliphatic rings. The molecule has 1 saturated heterocycles. The van der Waals surface area contributed by atoms with Crippen molar-refractivity contribution in [1.82, 2.24) is 4.90 Å². The lowest BCUT2D eigenvalue weighted by molar-refractivity contribution is 0.151. The second kappa shape index (κ2) is 7.34. The Kier molecular flexibility index (Phi) is 5.48. The Bertz CT molecular complexity index is 499. The summed E-state index contributed by atoms with van der Waals surface area (Å²) in [6.45, 7) is 3.13. The van der Waals surface area contributed by atoms with Gasteiger partial charge in [-0.25, -0.2) is 8.78 Å². The van der Waals surface area contributed by atoms with Crippen molar-refractivity contribution in [2.75, 3.05) is 38.1 Å².